The molecule has 31 heavy (non-hydrogen) atoms. The van der Waals surface area contributed by atoms with E-state index in [0.29, 0.717) is 25.3 Å². The number of hydrogen-bond acceptors (Lipinski definition) is 4. The molecule has 0 spiro atoms. The molecule has 1 aromatic heterocycles. The maximum absolute atomic E-state index is 14.6. The number of ether oxygens (including phenoxy) is 1. The number of halogens is 2. The molecular formula is C23H24BrFN4O2. The molecular weight excluding hydrogens is 463 g/mol. The van der Waals surface area contributed by atoms with E-state index in [0.717, 1.165) is 34.9 Å². The first kappa shape index (κ1) is 21.6. The van der Waals surface area contributed by atoms with Crippen molar-refractivity contribution in [3.05, 3.63) is 71.6 Å². The fraction of sp³-hybridized carbons (Fsp3) is 0.348. The SMILES string of the molecule is Cn1cnc(C(=O)N(Cc2ccc(F)c(-c3ccc(CBr)cc3)c2)C2CCOCC2)n1. The van der Waals surface area contributed by atoms with E-state index in [1.165, 1.54) is 17.1 Å². The highest BCUT2D eigenvalue weighted by Gasteiger charge is 2.29. The molecule has 8 heteroatoms. The van der Waals surface area contributed by atoms with Crippen molar-refractivity contribution in [3.8, 4) is 11.1 Å². The maximum atomic E-state index is 14.6. The van der Waals surface area contributed by atoms with Crippen LogP contribution in [-0.2, 0) is 23.7 Å². The number of benzene rings is 2. The highest BCUT2D eigenvalue weighted by Crippen LogP contribution is 2.27. The minimum Gasteiger partial charge on any atom is -0.381 e. The molecule has 0 bridgehead atoms. The van der Waals surface area contributed by atoms with E-state index < -0.39 is 0 Å². The molecule has 162 valence electrons. The molecule has 2 aromatic carbocycles. The van der Waals surface area contributed by atoms with E-state index >= 15 is 0 Å². The van der Waals surface area contributed by atoms with Crippen molar-refractivity contribution in [3.63, 3.8) is 0 Å². The van der Waals surface area contributed by atoms with E-state index in [1.807, 2.05) is 30.3 Å². The average Bonchev–Trinajstić information content (AvgIpc) is 3.25. The first-order valence-electron chi connectivity index (χ1n) is 10.2. The summed E-state index contributed by atoms with van der Waals surface area (Å²) in [6.07, 6.45) is 3.02. The molecule has 1 aliphatic heterocycles. The summed E-state index contributed by atoms with van der Waals surface area (Å²) < 4.78 is 21.6. The number of carbonyl (C=O) groups excluding carboxylic acids is 1. The van der Waals surface area contributed by atoms with Gasteiger partial charge in [0.2, 0.25) is 5.82 Å². The van der Waals surface area contributed by atoms with Gasteiger partial charge in [-0.3, -0.25) is 9.48 Å². The van der Waals surface area contributed by atoms with Crippen molar-refractivity contribution in [2.75, 3.05) is 13.2 Å². The highest BCUT2D eigenvalue weighted by molar-refractivity contribution is 9.08. The minimum absolute atomic E-state index is 0.0248. The summed E-state index contributed by atoms with van der Waals surface area (Å²) >= 11 is 3.43. The highest BCUT2D eigenvalue weighted by atomic mass is 79.9. The molecule has 2 heterocycles. The van der Waals surface area contributed by atoms with E-state index in [9.17, 15) is 9.18 Å². The summed E-state index contributed by atoms with van der Waals surface area (Å²) in [5, 5.41) is 4.93. The number of carbonyl (C=O) groups is 1. The fourth-order valence-electron chi connectivity index (χ4n) is 3.79. The van der Waals surface area contributed by atoms with Gasteiger partial charge >= 0.3 is 0 Å². The average molecular weight is 487 g/mol. The van der Waals surface area contributed by atoms with Gasteiger partial charge in [-0.1, -0.05) is 46.3 Å². The Kier molecular flexibility index (Phi) is 6.77. The second kappa shape index (κ2) is 9.70. The normalized spacial score (nSPS) is 14.5. The fourth-order valence-corrected chi connectivity index (χ4v) is 4.17. The van der Waals surface area contributed by atoms with Gasteiger partial charge in [-0.15, -0.1) is 5.10 Å². The second-order valence-corrected chi connectivity index (χ2v) is 8.22. The van der Waals surface area contributed by atoms with Crippen molar-refractivity contribution in [2.45, 2.75) is 30.8 Å². The van der Waals surface area contributed by atoms with Gasteiger partial charge in [-0.25, -0.2) is 9.37 Å². The Balaban J connectivity index is 1.63. The number of hydrogen-bond donors (Lipinski definition) is 0. The maximum Gasteiger partial charge on any atom is 0.294 e. The number of amides is 1. The molecule has 1 fully saturated rings. The van der Waals surface area contributed by atoms with Crippen molar-refractivity contribution >= 4 is 21.8 Å². The van der Waals surface area contributed by atoms with E-state index in [-0.39, 0.29) is 23.6 Å². The Morgan fingerprint density at radius 1 is 1.19 bits per heavy atom. The second-order valence-electron chi connectivity index (χ2n) is 7.66. The van der Waals surface area contributed by atoms with Crippen molar-refractivity contribution < 1.29 is 13.9 Å². The third-order valence-electron chi connectivity index (χ3n) is 5.49. The topological polar surface area (TPSA) is 60.2 Å². The molecule has 1 amide bonds. The number of alkyl halides is 1. The van der Waals surface area contributed by atoms with Crippen LogP contribution in [0.15, 0.2) is 48.8 Å². The summed E-state index contributed by atoms with van der Waals surface area (Å²) in [6, 6.07) is 12.8. The minimum atomic E-state index is -0.286. The molecule has 0 aliphatic carbocycles. The van der Waals surface area contributed by atoms with Gasteiger partial charge in [0.15, 0.2) is 0 Å². The molecule has 0 radical (unpaired) electrons. The molecule has 0 N–H and O–H groups in total. The van der Waals surface area contributed by atoms with Gasteiger partial charge in [0.05, 0.1) is 0 Å². The van der Waals surface area contributed by atoms with E-state index in [2.05, 4.69) is 26.0 Å². The van der Waals surface area contributed by atoms with Crippen LogP contribution in [0.5, 0.6) is 0 Å². The predicted octanol–water partition coefficient (Wildman–Crippen LogP) is 4.34. The lowest BCUT2D eigenvalue weighted by atomic mass is 10.00. The van der Waals surface area contributed by atoms with Crippen LogP contribution in [0.2, 0.25) is 0 Å². The number of rotatable bonds is 6. The summed E-state index contributed by atoms with van der Waals surface area (Å²) in [7, 11) is 1.73. The van der Waals surface area contributed by atoms with Gasteiger partial charge < -0.3 is 9.64 Å². The van der Waals surface area contributed by atoms with Crippen LogP contribution in [0.1, 0.15) is 34.6 Å². The van der Waals surface area contributed by atoms with Crippen LogP contribution < -0.4 is 0 Å². The van der Waals surface area contributed by atoms with Crippen LogP contribution in [0.4, 0.5) is 4.39 Å². The zero-order valence-corrected chi connectivity index (χ0v) is 18.9. The zero-order chi connectivity index (χ0) is 21.8. The standard InChI is InChI=1S/C23H24BrFN4O2/c1-28-15-26-22(27-28)23(30)29(19-8-10-31-11-9-19)14-17-4-7-21(25)20(12-17)18-5-2-16(13-24)3-6-18/h2-7,12,15,19H,8-11,13-14H2,1H3. The number of aromatic nitrogens is 3. The van der Waals surface area contributed by atoms with Crippen molar-refractivity contribution in [1.29, 1.82) is 0 Å². The summed E-state index contributed by atoms with van der Waals surface area (Å²) in [6.45, 7) is 1.58. The Morgan fingerprint density at radius 2 is 1.90 bits per heavy atom. The molecule has 6 nitrogen and oxygen atoms in total. The van der Waals surface area contributed by atoms with Crippen LogP contribution >= 0.6 is 15.9 Å². The lowest BCUT2D eigenvalue weighted by Crippen LogP contribution is -2.43. The molecule has 1 saturated heterocycles. The molecule has 0 atom stereocenters. The van der Waals surface area contributed by atoms with E-state index in [4.69, 9.17) is 4.74 Å². The Morgan fingerprint density at radius 3 is 2.55 bits per heavy atom. The van der Waals surface area contributed by atoms with Gasteiger partial charge in [0.25, 0.3) is 5.91 Å². The first-order chi connectivity index (χ1) is 15.0. The third-order valence-corrected chi connectivity index (χ3v) is 6.13. The Hall–Kier alpha value is -2.58. The van der Waals surface area contributed by atoms with Crippen molar-refractivity contribution in [2.24, 2.45) is 7.05 Å². The predicted molar refractivity (Wildman–Crippen MR) is 119 cm³/mol. The lowest BCUT2D eigenvalue weighted by molar-refractivity contribution is 0.0260. The Labute approximate surface area is 189 Å². The van der Waals surface area contributed by atoms with Gasteiger partial charge in [-0.05, 0) is 41.7 Å². The van der Waals surface area contributed by atoms with Crippen LogP contribution in [0.3, 0.4) is 0 Å². The smallest absolute Gasteiger partial charge is 0.294 e. The van der Waals surface area contributed by atoms with Crippen LogP contribution in [-0.4, -0.2) is 44.8 Å². The first-order valence-corrected chi connectivity index (χ1v) is 11.4. The number of nitrogens with zero attached hydrogens (tertiary/aromatic N) is 4. The monoisotopic (exact) mass is 486 g/mol. The van der Waals surface area contributed by atoms with Crippen LogP contribution in [0.25, 0.3) is 11.1 Å². The summed E-state index contributed by atoms with van der Waals surface area (Å²) in [5.74, 6) is -0.340. The van der Waals surface area contributed by atoms with Gasteiger partial charge in [0, 0.05) is 43.7 Å². The number of aryl methyl sites for hydroxylation is 1. The third kappa shape index (κ3) is 5.02. The largest absolute Gasteiger partial charge is 0.381 e. The zero-order valence-electron chi connectivity index (χ0n) is 17.3. The molecule has 0 unspecified atom stereocenters. The molecule has 0 saturated carbocycles. The molecule has 4 rings (SSSR count). The van der Waals surface area contributed by atoms with E-state index in [1.54, 1.807) is 18.0 Å². The molecule has 1 aliphatic rings. The van der Waals surface area contributed by atoms with Gasteiger partial charge in [0.1, 0.15) is 12.1 Å². The van der Waals surface area contributed by atoms with Gasteiger partial charge in [-0.2, -0.15) is 0 Å². The quantitative estimate of drug-likeness (QED) is 0.486. The summed E-state index contributed by atoms with van der Waals surface area (Å²) in [4.78, 5) is 19.2. The van der Waals surface area contributed by atoms with Crippen molar-refractivity contribution in [1.82, 2.24) is 19.7 Å². The Bertz CT molecular complexity index is 1050. The molecule has 3 aromatic rings. The lowest BCUT2D eigenvalue weighted by Gasteiger charge is -2.33. The van der Waals surface area contributed by atoms with Crippen LogP contribution in [0, 0.1) is 5.82 Å². The summed E-state index contributed by atoms with van der Waals surface area (Å²) in [5.41, 5.74) is 3.31.